The first kappa shape index (κ1) is 13.4. The Labute approximate surface area is 123 Å². The number of anilines is 1. The molecule has 2 nitrogen and oxygen atoms in total. The largest absolute Gasteiger partial charge is 0.392 e. The van der Waals surface area contributed by atoms with E-state index in [1.807, 2.05) is 6.07 Å². The van der Waals surface area contributed by atoms with Gasteiger partial charge in [0.05, 0.1) is 6.61 Å². The third-order valence-corrected chi connectivity index (χ3v) is 5.53. The van der Waals surface area contributed by atoms with Crippen molar-refractivity contribution in [3.8, 4) is 0 Å². The number of benzene rings is 1. The van der Waals surface area contributed by atoms with Crippen molar-refractivity contribution in [1.82, 2.24) is 0 Å². The fourth-order valence-electron chi connectivity index (χ4n) is 3.84. The molecule has 1 saturated heterocycles. The van der Waals surface area contributed by atoms with Gasteiger partial charge >= 0.3 is 0 Å². The highest BCUT2D eigenvalue weighted by atomic mass is 79.9. The Morgan fingerprint density at radius 3 is 2.42 bits per heavy atom. The zero-order chi connectivity index (χ0) is 13.3. The third kappa shape index (κ3) is 2.68. The minimum absolute atomic E-state index is 0.121. The summed E-state index contributed by atoms with van der Waals surface area (Å²) in [6.45, 7) is 2.42. The molecule has 1 heterocycles. The van der Waals surface area contributed by atoms with Crippen molar-refractivity contribution < 1.29 is 5.11 Å². The van der Waals surface area contributed by atoms with Gasteiger partial charge in [-0.15, -0.1) is 0 Å². The van der Waals surface area contributed by atoms with E-state index < -0.39 is 0 Å². The smallest absolute Gasteiger partial charge is 0.0702 e. The second-order valence-corrected chi connectivity index (χ2v) is 7.04. The van der Waals surface area contributed by atoms with Crippen LogP contribution in [0.5, 0.6) is 0 Å². The van der Waals surface area contributed by atoms with Crippen molar-refractivity contribution >= 4 is 21.6 Å². The van der Waals surface area contributed by atoms with E-state index in [1.165, 1.54) is 44.2 Å². The summed E-state index contributed by atoms with van der Waals surface area (Å²) in [5, 5.41) is 9.53. The fourth-order valence-corrected chi connectivity index (χ4v) is 4.24. The topological polar surface area (TPSA) is 23.5 Å². The van der Waals surface area contributed by atoms with E-state index in [0.29, 0.717) is 5.41 Å². The SMILES string of the molecule is OCc1cc(Br)ccc1N1CCC2(CCCC2)CC1. The minimum atomic E-state index is 0.121. The molecule has 1 aromatic carbocycles. The van der Waals surface area contributed by atoms with Gasteiger partial charge in [-0.3, -0.25) is 0 Å². The number of hydrogen-bond donors (Lipinski definition) is 1. The van der Waals surface area contributed by atoms with E-state index >= 15 is 0 Å². The lowest BCUT2D eigenvalue weighted by Crippen LogP contribution is -2.39. The van der Waals surface area contributed by atoms with E-state index in [9.17, 15) is 5.11 Å². The van der Waals surface area contributed by atoms with Crippen LogP contribution in [0.25, 0.3) is 0 Å². The molecule has 104 valence electrons. The molecule has 1 spiro atoms. The third-order valence-electron chi connectivity index (χ3n) is 5.04. The van der Waals surface area contributed by atoms with Gasteiger partial charge in [-0.25, -0.2) is 0 Å². The Morgan fingerprint density at radius 1 is 1.11 bits per heavy atom. The van der Waals surface area contributed by atoms with Crippen LogP contribution in [0.2, 0.25) is 0 Å². The molecule has 0 bridgehead atoms. The summed E-state index contributed by atoms with van der Waals surface area (Å²) in [7, 11) is 0. The van der Waals surface area contributed by atoms with E-state index in [-0.39, 0.29) is 6.61 Å². The van der Waals surface area contributed by atoms with Crippen LogP contribution >= 0.6 is 15.9 Å². The summed E-state index contributed by atoms with van der Waals surface area (Å²) < 4.78 is 1.05. The molecular weight excluding hydrogens is 302 g/mol. The average Bonchev–Trinajstić information content (AvgIpc) is 2.88. The van der Waals surface area contributed by atoms with Crippen LogP contribution in [-0.2, 0) is 6.61 Å². The summed E-state index contributed by atoms with van der Waals surface area (Å²) in [5.74, 6) is 0. The van der Waals surface area contributed by atoms with E-state index in [0.717, 1.165) is 23.1 Å². The number of aliphatic hydroxyl groups excluding tert-OH is 1. The number of aliphatic hydroxyl groups is 1. The van der Waals surface area contributed by atoms with Gasteiger partial charge < -0.3 is 10.0 Å². The van der Waals surface area contributed by atoms with E-state index in [1.54, 1.807) is 0 Å². The highest BCUT2D eigenvalue weighted by Gasteiger charge is 2.37. The molecule has 1 aromatic rings. The van der Waals surface area contributed by atoms with Crippen LogP contribution in [0.1, 0.15) is 44.1 Å². The molecular formula is C16H22BrNO. The Morgan fingerprint density at radius 2 is 1.79 bits per heavy atom. The van der Waals surface area contributed by atoms with E-state index in [4.69, 9.17) is 0 Å². The molecule has 3 heteroatoms. The monoisotopic (exact) mass is 323 g/mol. The fraction of sp³-hybridized carbons (Fsp3) is 0.625. The maximum absolute atomic E-state index is 9.53. The Bertz CT molecular complexity index is 444. The van der Waals surface area contributed by atoms with Crippen molar-refractivity contribution in [3.05, 3.63) is 28.2 Å². The molecule has 1 aliphatic heterocycles. The van der Waals surface area contributed by atoms with Crippen molar-refractivity contribution in [2.45, 2.75) is 45.1 Å². The molecule has 0 radical (unpaired) electrons. The first-order chi connectivity index (χ1) is 9.22. The van der Waals surface area contributed by atoms with Crippen LogP contribution in [0, 0.1) is 5.41 Å². The predicted molar refractivity (Wildman–Crippen MR) is 82.4 cm³/mol. The van der Waals surface area contributed by atoms with Crippen LogP contribution < -0.4 is 4.90 Å². The van der Waals surface area contributed by atoms with Crippen molar-refractivity contribution in [3.63, 3.8) is 0 Å². The molecule has 1 saturated carbocycles. The molecule has 19 heavy (non-hydrogen) atoms. The lowest BCUT2D eigenvalue weighted by atomic mass is 9.77. The Kier molecular flexibility index (Phi) is 3.86. The van der Waals surface area contributed by atoms with E-state index in [2.05, 4.69) is 33.0 Å². The van der Waals surface area contributed by atoms with Gasteiger partial charge in [0, 0.05) is 28.8 Å². The number of piperidine rings is 1. The minimum Gasteiger partial charge on any atom is -0.392 e. The summed E-state index contributed by atoms with van der Waals surface area (Å²) in [4.78, 5) is 2.46. The molecule has 1 aliphatic carbocycles. The van der Waals surface area contributed by atoms with Gasteiger partial charge in [0.1, 0.15) is 0 Å². The molecule has 0 amide bonds. The van der Waals surface area contributed by atoms with Crippen molar-refractivity contribution in [2.75, 3.05) is 18.0 Å². The highest BCUT2D eigenvalue weighted by molar-refractivity contribution is 9.10. The lowest BCUT2D eigenvalue weighted by molar-refractivity contribution is 0.225. The van der Waals surface area contributed by atoms with Gasteiger partial charge in [0.15, 0.2) is 0 Å². The maximum atomic E-state index is 9.53. The first-order valence-corrected chi connectivity index (χ1v) is 8.16. The van der Waals surface area contributed by atoms with Crippen molar-refractivity contribution in [1.29, 1.82) is 0 Å². The second-order valence-electron chi connectivity index (χ2n) is 6.13. The molecule has 0 atom stereocenters. The zero-order valence-electron chi connectivity index (χ0n) is 11.4. The number of rotatable bonds is 2. The lowest BCUT2D eigenvalue weighted by Gasteiger charge is -2.41. The van der Waals surface area contributed by atoms with Gasteiger partial charge in [-0.2, -0.15) is 0 Å². The molecule has 1 N–H and O–H groups in total. The zero-order valence-corrected chi connectivity index (χ0v) is 13.0. The van der Waals surface area contributed by atoms with Gasteiger partial charge in [0.2, 0.25) is 0 Å². The molecule has 2 fully saturated rings. The maximum Gasteiger partial charge on any atom is 0.0702 e. The molecule has 0 unspecified atom stereocenters. The van der Waals surface area contributed by atoms with Gasteiger partial charge in [-0.1, -0.05) is 28.8 Å². The molecule has 2 aliphatic rings. The highest BCUT2D eigenvalue weighted by Crippen LogP contribution is 2.46. The Balaban J connectivity index is 1.74. The van der Waals surface area contributed by atoms with Crippen LogP contribution in [0.3, 0.4) is 0 Å². The Hall–Kier alpha value is -0.540. The normalized spacial score (nSPS) is 22.1. The molecule has 3 rings (SSSR count). The summed E-state index contributed by atoms with van der Waals surface area (Å²) >= 11 is 3.48. The number of nitrogens with zero attached hydrogens (tertiary/aromatic N) is 1. The van der Waals surface area contributed by atoms with Gasteiger partial charge in [-0.05, 0) is 49.3 Å². The van der Waals surface area contributed by atoms with Crippen LogP contribution in [0.4, 0.5) is 5.69 Å². The second kappa shape index (κ2) is 5.45. The predicted octanol–water partition coefficient (Wildman–Crippen LogP) is 4.10. The standard InChI is InChI=1S/C16H22BrNO/c17-14-3-4-15(13(11-14)12-19)18-9-7-16(8-10-18)5-1-2-6-16/h3-4,11,19H,1-2,5-10,12H2. The first-order valence-electron chi connectivity index (χ1n) is 7.37. The summed E-state index contributed by atoms with van der Waals surface area (Å²) in [6, 6.07) is 6.26. The quantitative estimate of drug-likeness (QED) is 0.885. The average molecular weight is 324 g/mol. The van der Waals surface area contributed by atoms with Crippen LogP contribution in [0.15, 0.2) is 22.7 Å². The summed E-state index contributed by atoms with van der Waals surface area (Å²) in [5.41, 5.74) is 2.92. The van der Waals surface area contributed by atoms with Crippen LogP contribution in [-0.4, -0.2) is 18.2 Å². The number of halogens is 1. The van der Waals surface area contributed by atoms with Crippen molar-refractivity contribution in [2.24, 2.45) is 5.41 Å². The van der Waals surface area contributed by atoms with Gasteiger partial charge in [0.25, 0.3) is 0 Å². The number of hydrogen-bond acceptors (Lipinski definition) is 2. The summed E-state index contributed by atoms with van der Waals surface area (Å²) in [6.07, 6.45) is 8.39. The molecule has 0 aromatic heterocycles.